The van der Waals surface area contributed by atoms with Gasteiger partial charge in [-0.3, -0.25) is 15.6 Å². The number of nitrogen functional groups attached to an aromatic ring is 1. The molecule has 1 saturated heterocycles. The van der Waals surface area contributed by atoms with Crippen LogP contribution < -0.4 is 11.3 Å². The number of nitrogens with one attached hydrogen (secondary N) is 1. The van der Waals surface area contributed by atoms with Gasteiger partial charge in [-0.1, -0.05) is 0 Å². The maximum absolute atomic E-state index is 12.1. The first-order valence-electron chi connectivity index (χ1n) is 5.50. The van der Waals surface area contributed by atoms with Gasteiger partial charge in [0.1, 0.15) is 5.69 Å². The second-order valence-electron chi connectivity index (χ2n) is 4.01. The van der Waals surface area contributed by atoms with E-state index in [9.17, 15) is 4.79 Å². The van der Waals surface area contributed by atoms with E-state index in [-0.39, 0.29) is 11.9 Å². The SMILES string of the molecule is CN(C(=O)c1cc(NN)ccn1)C1CCOC1. The third-order valence-corrected chi connectivity index (χ3v) is 2.92. The summed E-state index contributed by atoms with van der Waals surface area (Å²) < 4.78 is 5.26. The minimum absolute atomic E-state index is 0.113. The van der Waals surface area contributed by atoms with Gasteiger partial charge in [0.2, 0.25) is 0 Å². The molecule has 0 spiro atoms. The van der Waals surface area contributed by atoms with Crippen LogP contribution in [0.25, 0.3) is 0 Å². The van der Waals surface area contributed by atoms with Crippen molar-refractivity contribution in [1.29, 1.82) is 0 Å². The Morgan fingerprint density at radius 2 is 2.53 bits per heavy atom. The Labute approximate surface area is 99.7 Å². The van der Waals surface area contributed by atoms with Gasteiger partial charge in [-0.05, 0) is 18.6 Å². The number of hydrogen-bond donors (Lipinski definition) is 2. The highest BCUT2D eigenvalue weighted by Gasteiger charge is 2.25. The third kappa shape index (κ3) is 2.54. The van der Waals surface area contributed by atoms with Crippen LogP contribution in [0, 0.1) is 0 Å². The second kappa shape index (κ2) is 5.11. The molecule has 17 heavy (non-hydrogen) atoms. The summed E-state index contributed by atoms with van der Waals surface area (Å²) in [7, 11) is 1.77. The molecule has 0 aliphatic carbocycles. The topological polar surface area (TPSA) is 80.5 Å². The maximum atomic E-state index is 12.1. The molecule has 0 bridgehead atoms. The lowest BCUT2D eigenvalue weighted by molar-refractivity contribution is 0.0705. The number of ether oxygens (including phenoxy) is 1. The number of amides is 1. The van der Waals surface area contributed by atoms with Gasteiger partial charge in [-0.2, -0.15) is 0 Å². The summed E-state index contributed by atoms with van der Waals surface area (Å²) in [6.45, 7) is 1.30. The monoisotopic (exact) mass is 236 g/mol. The van der Waals surface area contributed by atoms with Gasteiger partial charge in [0.25, 0.3) is 5.91 Å². The van der Waals surface area contributed by atoms with Crippen molar-refractivity contribution < 1.29 is 9.53 Å². The fraction of sp³-hybridized carbons (Fsp3) is 0.455. The summed E-state index contributed by atoms with van der Waals surface area (Å²) in [5, 5.41) is 0. The minimum Gasteiger partial charge on any atom is -0.379 e. The molecule has 2 heterocycles. The van der Waals surface area contributed by atoms with Crippen molar-refractivity contribution in [3.8, 4) is 0 Å². The molecule has 1 aliphatic rings. The van der Waals surface area contributed by atoms with E-state index in [1.165, 1.54) is 0 Å². The van der Waals surface area contributed by atoms with E-state index in [1.54, 1.807) is 30.3 Å². The fourth-order valence-corrected chi connectivity index (χ4v) is 1.81. The predicted octanol–water partition coefficient (Wildman–Crippen LogP) is 0.228. The van der Waals surface area contributed by atoms with Crippen LogP contribution in [-0.4, -0.2) is 42.1 Å². The zero-order valence-electron chi connectivity index (χ0n) is 9.72. The number of pyridine rings is 1. The van der Waals surface area contributed by atoms with Crippen LogP contribution in [0.4, 0.5) is 5.69 Å². The largest absolute Gasteiger partial charge is 0.379 e. The minimum atomic E-state index is -0.113. The van der Waals surface area contributed by atoms with Crippen LogP contribution in [0.3, 0.4) is 0 Å². The zero-order valence-corrected chi connectivity index (χ0v) is 9.72. The van der Waals surface area contributed by atoms with E-state index in [2.05, 4.69) is 10.4 Å². The number of carbonyl (C=O) groups excluding carboxylic acids is 1. The lowest BCUT2D eigenvalue weighted by Crippen LogP contribution is -2.37. The number of nitrogens with two attached hydrogens (primary N) is 1. The van der Waals surface area contributed by atoms with Gasteiger partial charge >= 0.3 is 0 Å². The van der Waals surface area contributed by atoms with Gasteiger partial charge in [-0.15, -0.1) is 0 Å². The van der Waals surface area contributed by atoms with Gasteiger partial charge in [0.05, 0.1) is 18.3 Å². The first-order chi connectivity index (χ1) is 8.22. The molecule has 6 nitrogen and oxygen atoms in total. The summed E-state index contributed by atoms with van der Waals surface area (Å²) in [6.07, 6.45) is 2.43. The van der Waals surface area contributed by atoms with Crippen molar-refractivity contribution in [2.45, 2.75) is 12.5 Å². The molecule has 1 aliphatic heterocycles. The highest BCUT2D eigenvalue weighted by Crippen LogP contribution is 2.14. The van der Waals surface area contributed by atoms with Crippen molar-refractivity contribution in [1.82, 2.24) is 9.88 Å². The van der Waals surface area contributed by atoms with E-state index >= 15 is 0 Å². The Morgan fingerprint density at radius 3 is 3.18 bits per heavy atom. The number of likely N-dealkylation sites (N-methyl/N-ethyl adjacent to an activating group) is 1. The number of anilines is 1. The van der Waals surface area contributed by atoms with E-state index in [0.717, 1.165) is 6.42 Å². The van der Waals surface area contributed by atoms with Crippen LogP contribution in [-0.2, 0) is 4.74 Å². The quantitative estimate of drug-likeness (QED) is 0.580. The zero-order chi connectivity index (χ0) is 12.3. The molecule has 1 fully saturated rings. The molecular weight excluding hydrogens is 220 g/mol. The number of hydrazine groups is 1. The lowest BCUT2D eigenvalue weighted by Gasteiger charge is -2.22. The molecule has 1 aromatic rings. The molecule has 0 aromatic carbocycles. The highest BCUT2D eigenvalue weighted by molar-refractivity contribution is 5.93. The lowest BCUT2D eigenvalue weighted by atomic mass is 10.2. The fourth-order valence-electron chi connectivity index (χ4n) is 1.81. The number of aromatic nitrogens is 1. The molecule has 92 valence electrons. The molecular formula is C11H16N4O2. The molecule has 0 radical (unpaired) electrons. The second-order valence-corrected chi connectivity index (χ2v) is 4.01. The summed E-state index contributed by atoms with van der Waals surface area (Å²) >= 11 is 0. The standard InChI is InChI=1S/C11H16N4O2/c1-15(9-3-5-17-7-9)11(16)10-6-8(14-12)2-4-13-10/h2,4,6,9H,3,5,7,12H2,1H3,(H,13,14). The normalized spacial score (nSPS) is 19.1. The summed E-state index contributed by atoms with van der Waals surface area (Å²) in [5.41, 5.74) is 3.55. The Bertz CT molecular complexity index is 404. The number of carbonyl (C=O) groups is 1. The molecule has 0 saturated carbocycles. The van der Waals surface area contributed by atoms with Gasteiger partial charge in [0.15, 0.2) is 0 Å². The van der Waals surface area contributed by atoms with Crippen molar-refractivity contribution in [2.24, 2.45) is 5.84 Å². The smallest absolute Gasteiger partial charge is 0.272 e. The summed E-state index contributed by atoms with van der Waals surface area (Å²) in [4.78, 5) is 17.9. The molecule has 1 atom stereocenters. The van der Waals surface area contributed by atoms with Crippen LogP contribution in [0.2, 0.25) is 0 Å². The summed E-state index contributed by atoms with van der Waals surface area (Å²) in [5.74, 6) is 5.18. The van der Waals surface area contributed by atoms with E-state index in [1.807, 2.05) is 0 Å². The highest BCUT2D eigenvalue weighted by atomic mass is 16.5. The van der Waals surface area contributed by atoms with Crippen molar-refractivity contribution in [3.05, 3.63) is 24.0 Å². The predicted molar refractivity (Wildman–Crippen MR) is 63.4 cm³/mol. The van der Waals surface area contributed by atoms with Crippen LogP contribution >= 0.6 is 0 Å². The first-order valence-corrected chi connectivity index (χ1v) is 5.50. The molecule has 1 amide bonds. The van der Waals surface area contributed by atoms with E-state index in [4.69, 9.17) is 10.6 Å². The van der Waals surface area contributed by atoms with E-state index < -0.39 is 0 Å². The molecule has 6 heteroatoms. The molecule has 1 unspecified atom stereocenters. The molecule has 1 aromatic heterocycles. The Balaban J connectivity index is 2.12. The molecule has 2 rings (SSSR count). The average Bonchev–Trinajstić information content (AvgIpc) is 2.91. The number of hydrogen-bond acceptors (Lipinski definition) is 5. The van der Waals surface area contributed by atoms with Crippen molar-refractivity contribution in [3.63, 3.8) is 0 Å². The average molecular weight is 236 g/mol. The number of nitrogens with zero attached hydrogens (tertiary/aromatic N) is 2. The first kappa shape index (κ1) is 11.8. The Kier molecular flexibility index (Phi) is 3.55. The maximum Gasteiger partial charge on any atom is 0.272 e. The van der Waals surface area contributed by atoms with E-state index in [0.29, 0.717) is 24.6 Å². The van der Waals surface area contributed by atoms with Crippen LogP contribution in [0.1, 0.15) is 16.9 Å². The molecule has 3 N–H and O–H groups in total. The van der Waals surface area contributed by atoms with Crippen molar-refractivity contribution >= 4 is 11.6 Å². The number of rotatable bonds is 3. The third-order valence-electron chi connectivity index (χ3n) is 2.92. The Morgan fingerprint density at radius 1 is 1.71 bits per heavy atom. The summed E-state index contributed by atoms with van der Waals surface area (Å²) in [6, 6.07) is 3.48. The van der Waals surface area contributed by atoms with Gasteiger partial charge in [-0.25, -0.2) is 0 Å². The van der Waals surface area contributed by atoms with Crippen molar-refractivity contribution in [2.75, 3.05) is 25.7 Å². The van der Waals surface area contributed by atoms with Crippen LogP contribution in [0.5, 0.6) is 0 Å². The van der Waals surface area contributed by atoms with Gasteiger partial charge < -0.3 is 15.1 Å². The Hall–Kier alpha value is -1.66. The van der Waals surface area contributed by atoms with Crippen LogP contribution in [0.15, 0.2) is 18.3 Å². The van der Waals surface area contributed by atoms with Gasteiger partial charge in [0, 0.05) is 19.9 Å².